The van der Waals surface area contributed by atoms with Crippen LogP contribution in [0.2, 0.25) is 0 Å². The van der Waals surface area contributed by atoms with Crippen LogP contribution in [0.15, 0.2) is 24.3 Å². The summed E-state index contributed by atoms with van der Waals surface area (Å²) in [6.45, 7) is 0.500. The van der Waals surface area contributed by atoms with Crippen LogP contribution in [0.5, 0.6) is 0 Å². The standard InChI is InChI=1S/C14H18N2O3S/c1-19-8-10-3-2-4-11(7-10)15-14(18)12-9-20-6-5-13(17)16-12/h2-4,7,12H,5-6,8-9H2,1H3,(H,15,18)(H,16,17). The first-order valence-electron chi connectivity index (χ1n) is 6.45. The predicted octanol–water partition coefficient (Wildman–Crippen LogP) is 1.39. The number of ether oxygens (including phenoxy) is 1. The summed E-state index contributed by atoms with van der Waals surface area (Å²) in [7, 11) is 1.63. The van der Waals surface area contributed by atoms with E-state index in [4.69, 9.17) is 4.74 Å². The maximum Gasteiger partial charge on any atom is 0.247 e. The van der Waals surface area contributed by atoms with Crippen molar-refractivity contribution in [2.45, 2.75) is 19.1 Å². The first kappa shape index (κ1) is 14.9. The van der Waals surface area contributed by atoms with Gasteiger partial charge in [0.1, 0.15) is 6.04 Å². The summed E-state index contributed by atoms with van der Waals surface area (Å²) in [6.07, 6.45) is 0.470. The number of hydrogen-bond acceptors (Lipinski definition) is 4. The Hall–Kier alpha value is -1.53. The molecule has 20 heavy (non-hydrogen) atoms. The first-order chi connectivity index (χ1) is 9.69. The number of amides is 2. The molecule has 1 aliphatic heterocycles. The zero-order valence-electron chi connectivity index (χ0n) is 11.3. The summed E-state index contributed by atoms with van der Waals surface area (Å²) in [4.78, 5) is 23.6. The molecule has 1 aliphatic rings. The summed E-state index contributed by atoms with van der Waals surface area (Å²) < 4.78 is 5.06. The lowest BCUT2D eigenvalue weighted by Gasteiger charge is -2.15. The number of methoxy groups -OCH3 is 1. The van der Waals surface area contributed by atoms with Crippen molar-refractivity contribution >= 4 is 29.3 Å². The van der Waals surface area contributed by atoms with Crippen LogP contribution in [0, 0.1) is 0 Å². The average Bonchev–Trinajstić information content (AvgIpc) is 2.64. The molecule has 0 radical (unpaired) electrons. The third-order valence-electron chi connectivity index (χ3n) is 2.92. The predicted molar refractivity (Wildman–Crippen MR) is 79.7 cm³/mol. The minimum atomic E-state index is -0.471. The second kappa shape index (κ2) is 7.31. The minimum absolute atomic E-state index is 0.0664. The van der Waals surface area contributed by atoms with E-state index < -0.39 is 6.04 Å². The Morgan fingerprint density at radius 3 is 3.20 bits per heavy atom. The van der Waals surface area contributed by atoms with Crippen molar-refractivity contribution in [1.29, 1.82) is 0 Å². The Bertz CT molecular complexity index is 493. The van der Waals surface area contributed by atoms with Crippen molar-refractivity contribution in [1.82, 2.24) is 5.32 Å². The van der Waals surface area contributed by atoms with Gasteiger partial charge in [0.05, 0.1) is 6.61 Å². The SMILES string of the molecule is COCc1cccc(NC(=O)C2CSCCC(=O)N2)c1. The van der Waals surface area contributed by atoms with Crippen molar-refractivity contribution in [3.05, 3.63) is 29.8 Å². The zero-order chi connectivity index (χ0) is 14.4. The molecule has 1 aromatic rings. The molecule has 2 N–H and O–H groups in total. The molecular formula is C14H18N2O3S. The first-order valence-corrected chi connectivity index (χ1v) is 7.60. The van der Waals surface area contributed by atoms with Gasteiger partial charge < -0.3 is 15.4 Å². The molecule has 1 heterocycles. The van der Waals surface area contributed by atoms with Gasteiger partial charge >= 0.3 is 0 Å². The zero-order valence-corrected chi connectivity index (χ0v) is 12.2. The molecule has 0 bridgehead atoms. The van der Waals surface area contributed by atoms with Gasteiger partial charge in [-0.25, -0.2) is 0 Å². The molecule has 1 unspecified atom stereocenters. The summed E-state index contributed by atoms with van der Waals surface area (Å²) in [5, 5.41) is 5.58. The molecule has 108 valence electrons. The molecule has 1 saturated heterocycles. The molecule has 1 fully saturated rings. The van der Waals surface area contributed by atoms with E-state index in [1.807, 2.05) is 24.3 Å². The van der Waals surface area contributed by atoms with Crippen LogP contribution in [0.3, 0.4) is 0 Å². The highest BCUT2D eigenvalue weighted by Gasteiger charge is 2.23. The van der Waals surface area contributed by atoms with E-state index in [0.717, 1.165) is 11.3 Å². The molecule has 0 saturated carbocycles. The van der Waals surface area contributed by atoms with Crippen molar-refractivity contribution < 1.29 is 14.3 Å². The van der Waals surface area contributed by atoms with E-state index in [1.54, 1.807) is 18.9 Å². The molecule has 5 nitrogen and oxygen atoms in total. The third kappa shape index (κ3) is 4.25. The highest BCUT2D eigenvalue weighted by molar-refractivity contribution is 7.99. The molecule has 0 aliphatic carbocycles. The van der Waals surface area contributed by atoms with Gasteiger partial charge in [-0.05, 0) is 17.7 Å². The molecule has 2 rings (SSSR count). The fraction of sp³-hybridized carbons (Fsp3) is 0.429. The van der Waals surface area contributed by atoms with Crippen LogP contribution in [0.4, 0.5) is 5.69 Å². The summed E-state index contributed by atoms with van der Waals surface area (Å²) >= 11 is 1.61. The van der Waals surface area contributed by atoms with Gasteiger partial charge in [-0.3, -0.25) is 9.59 Å². The molecule has 1 atom stereocenters. The van der Waals surface area contributed by atoms with Crippen molar-refractivity contribution in [3.63, 3.8) is 0 Å². The van der Waals surface area contributed by atoms with Crippen LogP contribution in [-0.2, 0) is 20.9 Å². The third-order valence-corrected chi connectivity index (χ3v) is 3.98. The fourth-order valence-electron chi connectivity index (χ4n) is 1.95. The van der Waals surface area contributed by atoms with Gasteiger partial charge in [0.2, 0.25) is 11.8 Å². The van der Waals surface area contributed by atoms with Gasteiger partial charge in [0, 0.05) is 30.7 Å². The van der Waals surface area contributed by atoms with E-state index in [-0.39, 0.29) is 11.8 Å². The Balaban J connectivity index is 1.99. The lowest BCUT2D eigenvalue weighted by Crippen LogP contribution is -2.44. The molecule has 0 spiro atoms. The highest BCUT2D eigenvalue weighted by atomic mass is 32.2. The van der Waals surface area contributed by atoms with E-state index in [1.165, 1.54) is 0 Å². The maximum absolute atomic E-state index is 12.2. The second-order valence-electron chi connectivity index (χ2n) is 4.57. The van der Waals surface area contributed by atoms with Crippen molar-refractivity contribution in [2.24, 2.45) is 0 Å². The Kier molecular flexibility index (Phi) is 5.43. The van der Waals surface area contributed by atoms with Gasteiger partial charge in [0.15, 0.2) is 0 Å². The summed E-state index contributed by atoms with van der Waals surface area (Å²) in [6, 6.07) is 7.02. The van der Waals surface area contributed by atoms with Crippen LogP contribution in [-0.4, -0.2) is 36.5 Å². The lowest BCUT2D eigenvalue weighted by molar-refractivity contribution is -0.125. The van der Waals surface area contributed by atoms with Gasteiger partial charge in [-0.15, -0.1) is 0 Å². The summed E-state index contributed by atoms with van der Waals surface area (Å²) in [5.74, 6) is 1.12. The number of hydrogen-bond donors (Lipinski definition) is 2. The normalized spacial score (nSPS) is 19.1. The monoisotopic (exact) mass is 294 g/mol. The van der Waals surface area contributed by atoms with E-state index in [2.05, 4.69) is 10.6 Å². The minimum Gasteiger partial charge on any atom is -0.380 e. The molecule has 6 heteroatoms. The number of thioether (sulfide) groups is 1. The number of rotatable bonds is 4. The Morgan fingerprint density at radius 1 is 1.55 bits per heavy atom. The number of benzene rings is 1. The van der Waals surface area contributed by atoms with Gasteiger partial charge in [0.25, 0.3) is 0 Å². The topological polar surface area (TPSA) is 67.4 Å². The quantitative estimate of drug-likeness (QED) is 0.880. The lowest BCUT2D eigenvalue weighted by atomic mass is 10.2. The van der Waals surface area contributed by atoms with Crippen LogP contribution in [0.1, 0.15) is 12.0 Å². The number of carbonyl (C=O) groups is 2. The molecular weight excluding hydrogens is 276 g/mol. The van der Waals surface area contributed by atoms with Crippen LogP contribution >= 0.6 is 11.8 Å². The molecule has 0 aromatic heterocycles. The molecule has 2 amide bonds. The Morgan fingerprint density at radius 2 is 2.40 bits per heavy atom. The average molecular weight is 294 g/mol. The van der Waals surface area contributed by atoms with Crippen molar-refractivity contribution in [3.8, 4) is 0 Å². The van der Waals surface area contributed by atoms with Crippen LogP contribution in [0.25, 0.3) is 0 Å². The van der Waals surface area contributed by atoms with E-state index in [9.17, 15) is 9.59 Å². The van der Waals surface area contributed by atoms with Gasteiger partial charge in [-0.1, -0.05) is 12.1 Å². The van der Waals surface area contributed by atoms with E-state index in [0.29, 0.717) is 24.5 Å². The van der Waals surface area contributed by atoms with Crippen LogP contribution < -0.4 is 10.6 Å². The molecule has 1 aromatic carbocycles. The number of carbonyl (C=O) groups excluding carboxylic acids is 2. The van der Waals surface area contributed by atoms with E-state index >= 15 is 0 Å². The number of anilines is 1. The second-order valence-corrected chi connectivity index (χ2v) is 5.72. The van der Waals surface area contributed by atoms with Crippen molar-refractivity contribution in [2.75, 3.05) is 23.9 Å². The Labute approximate surface area is 122 Å². The maximum atomic E-state index is 12.2. The largest absolute Gasteiger partial charge is 0.380 e. The highest BCUT2D eigenvalue weighted by Crippen LogP contribution is 2.14. The number of nitrogens with one attached hydrogen (secondary N) is 2. The summed E-state index contributed by atoms with van der Waals surface area (Å²) in [5.41, 5.74) is 1.71. The fourth-order valence-corrected chi connectivity index (χ4v) is 2.92. The van der Waals surface area contributed by atoms with Gasteiger partial charge in [-0.2, -0.15) is 11.8 Å². The smallest absolute Gasteiger partial charge is 0.247 e.